The van der Waals surface area contributed by atoms with Gasteiger partial charge in [-0.3, -0.25) is 4.72 Å². The molecule has 25 heavy (non-hydrogen) atoms. The second-order valence-electron chi connectivity index (χ2n) is 5.56. The molecule has 5 nitrogen and oxygen atoms in total. The average molecular weight is 375 g/mol. The van der Waals surface area contributed by atoms with Gasteiger partial charge in [-0.15, -0.1) is 0 Å². The molecule has 1 aliphatic heterocycles. The number of hydrogen-bond acceptors (Lipinski definition) is 4. The third kappa shape index (κ3) is 3.14. The number of halogens is 1. The molecule has 3 aromatic rings. The molecule has 4 rings (SSSR count). The van der Waals surface area contributed by atoms with Crippen molar-refractivity contribution in [1.82, 2.24) is 9.55 Å². The summed E-state index contributed by atoms with van der Waals surface area (Å²) in [6.45, 7) is 0.893. The Morgan fingerprint density at radius 1 is 1.16 bits per heavy atom. The first kappa shape index (κ1) is 16.2. The van der Waals surface area contributed by atoms with E-state index in [0.717, 1.165) is 23.5 Å². The Kier molecular flexibility index (Phi) is 4.01. The number of rotatable bonds is 4. The van der Waals surface area contributed by atoms with Crippen LogP contribution in [0.2, 0.25) is 0 Å². The molecule has 0 bridgehead atoms. The number of fused-ring (bicyclic) bond motifs is 1. The smallest absolute Gasteiger partial charge is 0.262 e. The molecule has 0 amide bonds. The van der Waals surface area contributed by atoms with Crippen molar-refractivity contribution in [2.24, 2.45) is 0 Å². The molecular formula is C17H14FN3O2S2. The zero-order chi connectivity index (χ0) is 17.4. The summed E-state index contributed by atoms with van der Waals surface area (Å²) in [6, 6.07) is 12.0. The van der Waals surface area contributed by atoms with E-state index in [9.17, 15) is 12.8 Å². The fraction of sp³-hybridized carbons (Fsp3) is 0.118. The van der Waals surface area contributed by atoms with Gasteiger partial charge in [0.1, 0.15) is 5.82 Å². The molecule has 128 valence electrons. The van der Waals surface area contributed by atoms with E-state index in [-0.39, 0.29) is 4.90 Å². The van der Waals surface area contributed by atoms with E-state index in [0.29, 0.717) is 16.9 Å². The molecule has 1 N–H and O–H groups in total. The molecule has 0 saturated heterocycles. The van der Waals surface area contributed by atoms with Crippen LogP contribution in [0.1, 0.15) is 0 Å². The van der Waals surface area contributed by atoms with Gasteiger partial charge in [0.25, 0.3) is 10.0 Å². The molecule has 2 aromatic carbocycles. The van der Waals surface area contributed by atoms with Gasteiger partial charge in [0.15, 0.2) is 5.16 Å². The van der Waals surface area contributed by atoms with E-state index in [1.165, 1.54) is 18.2 Å². The highest BCUT2D eigenvalue weighted by Crippen LogP contribution is 2.33. The SMILES string of the molecule is O=S(=O)(Nc1ccccc1-c1cn2c(n1)SCC2)c1cccc(F)c1. The zero-order valence-corrected chi connectivity index (χ0v) is 14.6. The second-order valence-corrected chi connectivity index (χ2v) is 8.30. The number of sulfonamides is 1. The maximum atomic E-state index is 13.4. The van der Waals surface area contributed by atoms with Crippen LogP contribution in [-0.4, -0.2) is 23.7 Å². The van der Waals surface area contributed by atoms with Crippen molar-refractivity contribution in [2.45, 2.75) is 16.6 Å². The minimum Gasteiger partial charge on any atom is -0.325 e. The third-order valence-electron chi connectivity index (χ3n) is 3.86. The van der Waals surface area contributed by atoms with Crippen LogP contribution in [0, 0.1) is 5.82 Å². The Balaban J connectivity index is 1.71. The zero-order valence-electron chi connectivity index (χ0n) is 13.0. The number of hydrogen-bond donors (Lipinski definition) is 1. The van der Waals surface area contributed by atoms with Crippen molar-refractivity contribution in [1.29, 1.82) is 0 Å². The van der Waals surface area contributed by atoms with Crippen molar-refractivity contribution < 1.29 is 12.8 Å². The summed E-state index contributed by atoms with van der Waals surface area (Å²) in [6.07, 6.45) is 1.92. The van der Waals surface area contributed by atoms with Gasteiger partial charge in [-0.2, -0.15) is 0 Å². The standard InChI is InChI=1S/C17H14FN3O2S2/c18-12-4-3-5-13(10-12)25(22,23)20-15-7-2-1-6-14(15)16-11-21-8-9-24-17(21)19-16/h1-7,10-11,20H,8-9H2. The van der Waals surface area contributed by atoms with Gasteiger partial charge in [0.05, 0.1) is 16.3 Å². The van der Waals surface area contributed by atoms with Crippen molar-refractivity contribution in [3.05, 3.63) is 60.5 Å². The lowest BCUT2D eigenvalue weighted by molar-refractivity contribution is 0.595. The molecule has 0 aliphatic carbocycles. The first-order valence-electron chi connectivity index (χ1n) is 7.61. The van der Waals surface area contributed by atoms with Gasteiger partial charge < -0.3 is 4.57 Å². The quantitative estimate of drug-likeness (QED) is 0.757. The van der Waals surface area contributed by atoms with E-state index in [1.807, 2.05) is 18.3 Å². The minimum atomic E-state index is -3.89. The van der Waals surface area contributed by atoms with Crippen LogP contribution < -0.4 is 4.72 Å². The molecule has 0 fully saturated rings. The lowest BCUT2D eigenvalue weighted by atomic mass is 10.1. The number of thioether (sulfide) groups is 1. The summed E-state index contributed by atoms with van der Waals surface area (Å²) in [5.41, 5.74) is 1.80. The van der Waals surface area contributed by atoms with Crippen LogP contribution >= 0.6 is 11.8 Å². The Morgan fingerprint density at radius 2 is 2.00 bits per heavy atom. The number of benzene rings is 2. The van der Waals surface area contributed by atoms with Gasteiger partial charge in [-0.05, 0) is 24.3 Å². The van der Waals surface area contributed by atoms with Gasteiger partial charge in [0.2, 0.25) is 0 Å². The van der Waals surface area contributed by atoms with Crippen LogP contribution in [-0.2, 0) is 16.6 Å². The first-order valence-corrected chi connectivity index (χ1v) is 10.1. The lowest BCUT2D eigenvalue weighted by Gasteiger charge is -2.11. The van der Waals surface area contributed by atoms with Gasteiger partial charge in [-0.25, -0.2) is 17.8 Å². The van der Waals surface area contributed by atoms with Gasteiger partial charge in [-0.1, -0.05) is 36.0 Å². The highest BCUT2D eigenvalue weighted by atomic mass is 32.2. The Morgan fingerprint density at radius 3 is 2.80 bits per heavy atom. The molecule has 8 heteroatoms. The number of aromatic nitrogens is 2. The lowest BCUT2D eigenvalue weighted by Crippen LogP contribution is -2.13. The molecule has 0 radical (unpaired) electrons. The van der Waals surface area contributed by atoms with Crippen molar-refractivity contribution >= 4 is 27.5 Å². The van der Waals surface area contributed by atoms with Crippen molar-refractivity contribution in [3.8, 4) is 11.3 Å². The topological polar surface area (TPSA) is 64.0 Å². The molecule has 0 saturated carbocycles. The number of nitrogens with one attached hydrogen (secondary N) is 1. The summed E-state index contributed by atoms with van der Waals surface area (Å²) in [5, 5.41) is 0.929. The average Bonchev–Trinajstić information content (AvgIpc) is 3.17. The van der Waals surface area contributed by atoms with Crippen LogP contribution in [0.3, 0.4) is 0 Å². The highest BCUT2D eigenvalue weighted by molar-refractivity contribution is 7.99. The third-order valence-corrected chi connectivity index (χ3v) is 6.19. The monoisotopic (exact) mass is 375 g/mol. The number of para-hydroxylation sites is 1. The predicted octanol–water partition coefficient (Wildman–Crippen LogP) is 3.60. The van der Waals surface area contributed by atoms with E-state index in [2.05, 4.69) is 14.3 Å². The summed E-state index contributed by atoms with van der Waals surface area (Å²) < 4.78 is 43.1. The number of nitrogens with zero attached hydrogens (tertiary/aromatic N) is 2. The summed E-state index contributed by atoms with van der Waals surface area (Å²) >= 11 is 1.67. The van der Waals surface area contributed by atoms with Crippen LogP contribution in [0.25, 0.3) is 11.3 Å². The first-order chi connectivity index (χ1) is 12.0. The van der Waals surface area contributed by atoms with Gasteiger partial charge in [0, 0.05) is 24.1 Å². The fourth-order valence-corrected chi connectivity index (χ4v) is 4.73. The summed E-state index contributed by atoms with van der Waals surface area (Å²) in [4.78, 5) is 4.45. The molecule has 2 heterocycles. The Bertz CT molecular complexity index is 1030. The summed E-state index contributed by atoms with van der Waals surface area (Å²) in [7, 11) is -3.89. The summed E-state index contributed by atoms with van der Waals surface area (Å²) in [5.74, 6) is 0.398. The molecule has 0 unspecified atom stereocenters. The minimum absolute atomic E-state index is 0.120. The number of anilines is 1. The van der Waals surface area contributed by atoms with E-state index >= 15 is 0 Å². The van der Waals surface area contributed by atoms with Crippen molar-refractivity contribution in [2.75, 3.05) is 10.5 Å². The van der Waals surface area contributed by atoms with Gasteiger partial charge >= 0.3 is 0 Å². The van der Waals surface area contributed by atoms with E-state index in [4.69, 9.17) is 0 Å². The second kappa shape index (κ2) is 6.20. The van der Waals surface area contributed by atoms with Crippen LogP contribution in [0.5, 0.6) is 0 Å². The predicted molar refractivity (Wildman–Crippen MR) is 95.6 cm³/mol. The normalized spacial score (nSPS) is 13.6. The molecular weight excluding hydrogens is 361 g/mol. The van der Waals surface area contributed by atoms with Crippen molar-refractivity contribution in [3.63, 3.8) is 0 Å². The Hall–Kier alpha value is -2.32. The molecule has 0 spiro atoms. The van der Waals surface area contributed by atoms with E-state index in [1.54, 1.807) is 23.9 Å². The molecule has 1 aliphatic rings. The number of imidazole rings is 1. The highest BCUT2D eigenvalue weighted by Gasteiger charge is 2.20. The maximum absolute atomic E-state index is 13.4. The largest absolute Gasteiger partial charge is 0.325 e. The fourth-order valence-electron chi connectivity index (χ4n) is 2.67. The Labute approximate surface area is 149 Å². The van der Waals surface area contributed by atoms with E-state index < -0.39 is 15.8 Å². The molecule has 1 aromatic heterocycles. The van der Waals surface area contributed by atoms with Crippen LogP contribution in [0.4, 0.5) is 10.1 Å². The number of aryl methyl sites for hydroxylation is 1. The maximum Gasteiger partial charge on any atom is 0.262 e. The molecule has 0 atom stereocenters. The van der Waals surface area contributed by atoms with Crippen LogP contribution in [0.15, 0.2) is 64.8 Å².